The largest absolute Gasteiger partial charge is 0.427 e. The molecule has 2 aromatic carbocycles. The van der Waals surface area contributed by atoms with E-state index >= 15 is 0 Å². The third kappa shape index (κ3) is 4.93. The second-order valence-electron chi connectivity index (χ2n) is 10.3. The summed E-state index contributed by atoms with van der Waals surface area (Å²) in [4.78, 5) is 54.1. The van der Waals surface area contributed by atoms with E-state index in [0.29, 0.717) is 24.2 Å². The summed E-state index contributed by atoms with van der Waals surface area (Å²) in [5.74, 6) is -3.02. The number of hydrogen-bond acceptors (Lipinski definition) is 5. The maximum atomic E-state index is 14.4. The number of halogens is 2. The fourth-order valence-corrected chi connectivity index (χ4v) is 5.44. The van der Waals surface area contributed by atoms with E-state index in [2.05, 4.69) is 10.6 Å². The predicted octanol–water partition coefficient (Wildman–Crippen LogP) is 4.05. The Morgan fingerprint density at radius 2 is 1.97 bits per heavy atom. The topological polar surface area (TPSA) is 108 Å². The van der Waals surface area contributed by atoms with E-state index in [-0.39, 0.29) is 36.5 Å². The van der Waals surface area contributed by atoms with Gasteiger partial charge in [-0.3, -0.25) is 9.59 Å². The van der Waals surface area contributed by atoms with Gasteiger partial charge >= 0.3 is 12.1 Å². The molecule has 1 aliphatic heterocycles. The second kappa shape index (κ2) is 10.3. The Balaban J connectivity index is 1.35. The summed E-state index contributed by atoms with van der Waals surface area (Å²) in [7, 11) is 0. The van der Waals surface area contributed by atoms with Gasteiger partial charge in [0, 0.05) is 42.4 Å². The van der Waals surface area contributed by atoms with Crippen LogP contribution in [-0.2, 0) is 32.9 Å². The molecule has 2 aliphatic carbocycles. The number of anilines is 1. The van der Waals surface area contributed by atoms with Crippen molar-refractivity contribution < 1.29 is 32.7 Å². The molecule has 2 atom stereocenters. The van der Waals surface area contributed by atoms with Crippen LogP contribution in [0.25, 0.3) is 0 Å². The Bertz CT molecular complexity index is 1350. The number of carbonyl (C=O) groups excluding carboxylic acids is 4. The lowest BCUT2D eigenvalue weighted by Crippen LogP contribution is -2.47. The molecule has 2 N–H and O–H groups in total. The van der Waals surface area contributed by atoms with Gasteiger partial charge in [-0.1, -0.05) is 18.2 Å². The van der Waals surface area contributed by atoms with Crippen LogP contribution in [-0.4, -0.2) is 52.9 Å². The minimum Gasteiger partial charge on any atom is -0.427 e. The Kier molecular flexibility index (Phi) is 7.00. The number of nitrogens with zero attached hydrogens (tertiary/aromatic N) is 2. The summed E-state index contributed by atoms with van der Waals surface area (Å²) in [6.45, 7) is 3.34. The molecule has 206 valence electrons. The first-order chi connectivity index (χ1) is 18.6. The molecule has 1 spiro atoms. The van der Waals surface area contributed by atoms with E-state index in [9.17, 15) is 28.0 Å². The number of benzene rings is 2. The number of urea groups is 1. The highest BCUT2D eigenvalue weighted by molar-refractivity contribution is 6.06. The molecule has 2 fully saturated rings. The van der Waals surface area contributed by atoms with Crippen molar-refractivity contribution >= 4 is 29.6 Å². The maximum Gasteiger partial charge on any atom is 0.418 e. The molecule has 9 nitrogen and oxygen atoms in total. The number of rotatable bonds is 8. The number of amides is 5. The van der Waals surface area contributed by atoms with Gasteiger partial charge in [0.25, 0.3) is 5.91 Å². The second-order valence-corrected chi connectivity index (χ2v) is 10.3. The van der Waals surface area contributed by atoms with E-state index in [0.717, 1.165) is 29.4 Å². The molecule has 1 saturated heterocycles. The molecular formula is C28H30F2N4O5. The summed E-state index contributed by atoms with van der Waals surface area (Å²) in [5, 5.41) is 5.36. The first kappa shape index (κ1) is 26.6. The first-order valence-electron chi connectivity index (χ1n) is 13.1. The van der Waals surface area contributed by atoms with Crippen LogP contribution >= 0.6 is 0 Å². The lowest BCUT2D eigenvalue weighted by Gasteiger charge is -2.31. The molecule has 11 heteroatoms. The fraction of sp³-hybridized carbons (Fsp3) is 0.429. The average Bonchev–Trinajstić information content (AvgIpc) is 3.65. The van der Waals surface area contributed by atoms with Crippen molar-refractivity contribution in [3.63, 3.8) is 0 Å². The molecule has 5 amide bonds. The van der Waals surface area contributed by atoms with Crippen molar-refractivity contribution in [1.82, 2.24) is 15.1 Å². The van der Waals surface area contributed by atoms with Crippen molar-refractivity contribution in [2.45, 2.75) is 57.7 Å². The van der Waals surface area contributed by atoms with Crippen molar-refractivity contribution in [3.05, 3.63) is 64.7 Å². The van der Waals surface area contributed by atoms with Gasteiger partial charge in [-0.05, 0) is 62.8 Å². The number of hydrogen-bond donors (Lipinski definition) is 2. The molecule has 0 aromatic heterocycles. The number of imide groups is 1. The number of ether oxygens (including phenoxy) is 1. The van der Waals surface area contributed by atoms with Crippen LogP contribution in [0.5, 0.6) is 0 Å². The minimum absolute atomic E-state index is 0.0180. The summed E-state index contributed by atoms with van der Waals surface area (Å²) in [5.41, 5.74) is 0.282. The normalized spacial score (nSPS) is 20.6. The zero-order chi connectivity index (χ0) is 27.9. The van der Waals surface area contributed by atoms with Gasteiger partial charge in [0.2, 0.25) is 11.5 Å². The van der Waals surface area contributed by atoms with Crippen molar-refractivity contribution in [2.75, 3.05) is 18.4 Å². The Morgan fingerprint density at radius 3 is 2.69 bits per heavy atom. The molecule has 5 rings (SSSR count). The van der Waals surface area contributed by atoms with Crippen molar-refractivity contribution in [2.24, 2.45) is 5.92 Å². The Labute approximate surface area is 224 Å². The molecule has 1 saturated carbocycles. The summed E-state index contributed by atoms with van der Waals surface area (Å²) >= 11 is 0. The number of fused-ring (bicyclic) bond motifs is 2. The third-order valence-electron chi connectivity index (χ3n) is 7.74. The van der Waals surface area contributed by atoms with Gasteiger partial charge in [-0.25, -0.2) is 23.3 Å². The zero-order valence-electron chi connectivity index (χ0n) is 21.8. The quantitative estimate of drug-likeness (QED) is 0.525. The van der Waals surface area contributed by atoms with Crippen LogP contribution in [0, 0.1) is 17.6 Å². The van der Waals surface area contributed by atoms with E-state index < -0.39 is 41.7 Å². The van der Waals surface area contributed by atoms with Gasteiger partial charge in [0.05, 0.1) is 0 Å². The van der Waals surface area contributed by atoms with E-state index in [1.54, 1.807) is 25.1 Å². The standard InChI is InChI=1S/C28H30F2N4O5/c1-3-31-26(37)32-20-9-10-21-18(13-20)11-12-28(21)25(36)34(27(38)39-28)15-23(35)33(16(2)17-7-8-17)14-19-5-4-6-22(29)24(19)30/h4-6,9-10,13,16-17H,3,7-8,11-12,14-15H2,1-2H3,(H2,31,32,37)/t16-,28+/m0/s1. The first-order valence-corrected chi connectivity index (χ1v) is 13.1. The third-order valence-corrected chi connectivity index (χ3v) is 7.74. The minimum atomic E-state index is -1.54. The van der Waals surface area contributed by atoms with Gasteiger partial charge in [0.1, 0.15) is 6.54 Å². The Morgan fingerprint density at radius 1 is 1.21 bits per heavy atom. The predicted molar refractivity (Wildman–Crippen MR) is 136 cm³/mol. The van der Waals surface area contributed by atoms with Crippen molar-refractivity contribution in [1.29, 1.82) is 0 Å². The van der Waals surface area contributed by atoms with Crippen LogP contribution < -0.4 is 10.6 Å². The van der Waals surface area contributed by atoms with E-state index in [1.807, 2.05) is 6.92 Å². The van der Waals surface area contributed by atoms with E-state index in [4.69, 9.17) is 4.74 Å². The molecule has 2 aromatic rings. The lowest BCUT2D eigenvalue weighted by atomic mass is 9.94. The van der Waals surface area contributed by atoms with Gasteiger partial charge < -0.3 is 20.3 Å². The number of carbonyl (C=O) groups is 4. The highest BCUT2D eigenvalue weighted by Crippen LogP contribution is 2.46. The molecule has 39 heavy (non-hydrogen) atoms. The maximum absolute atomic E-state index is 14.4. The number of nitrogens with one attached hydrogen (secondary N) is 2. The van der Waals surface area contributed by atoms with Crippen LogP contribution in [0.15, 0.2) is 36.4 Å². The average molecular weight is 541 g/mol. The van der Waals surface area contributed by atoms with Crippen LogP contribution in [0.2, 0.25) is 0 Å². The Hall–Kier alpha value is -4.02. The lowest BCUT2D eigenvalue weighted by molar-refractivity contribution is -0.143. The molecule has 1 heterocycles. The molecule has 3 aliphatic rings. The molecule has 0 radical (unpaired) electrons. The summed E-state index contributed by atoms with van der Waals surface area (Å²) in [6.07, 6.45) is 1.52. The smallest absolute Gasteiger partial charge is 0.418 e. The molecular weight excluding hydrogens is 510 g/mol. The summed E-state index contributed by atoms with van der Waals surface area (Å²) in [6, 6.07) is 8.15. The van der Waals surface area contributed by atoms with Crippen LogP contribution in [0.1, 0.15) is 49.8 Å². The van der Waals surface area contributed by atoms with Crippen LogP contribution in [0.3, 0.4) is 0 Å². The van der Waals surface area contributed by atoms with Gasteiger partial charge in [0.15, 0.2) is 11.6 Å². The zero-order valence-corrected chi connectivity index (χ0v) is 21.8. The molecule has 0 unspecified atom stereocenters. The van der Waals surface area contributed by atoms with Crippen LogP contribution in [0.4, 0.5) is 24.1 Å². The monoisotopic (exact) mass is 540 g/mol. The summed E-state index contributed by atoms with van der Waals surface area (Å²) < 4.78 is 33.9. The van der Waals surface area contributed by atoms with Crippen molar-refractivity contribution in [3.8, 4) is 0 Å². The number of aryl methyl sites for hydroxylation is 1. The molecule has 0 bridgehead atoms. The van der Waals surface area contributed by atoms with Gasteiger partial charge in [-0.2, -0.15) is 0 Å². The van der Waals surface area contributed by atoms with E-state index in [1.165, 1.54) is 17.0 Å². The fourth-order valence-electron chi connectivity index (χ4n) is 5.44. The highest BCUT2D eigenvalue weighted by atomic mass is 19.2. The SMILES string of the molecule is CCNC(=O)Nc1ccc2c(c1)CC[C@@]21OC(=O)N(CC(=O)N(Cc2cccc(F)c2F)[C@@H](C)C2CC2)C1=O. The highest BCUT2D eigenvalue weighted by Gasteiger charge is 2.58. The van der Waals surface area contributed by atoms with Gasteiger partial charge in [-0.15, -0.1) is 0 Å².